The van der Waals surface area contributed by atoms with Crippen LogP contribution in [0.1, 0.15) is 11.8 Å². The van der Waals surface area contributed by atoms with Gasteiger partial charge in [-0.05, 0) is 18.2 Å². The molecular weight excluding hydrogens is 255 g/mol. The van der Waals surface area contributed by atoms with Gasteiger partial charge in [0.1, 0.15) is 5.82 Å². The third kappa shape index (κ3) is 2.99. The maximum atomic E-state index is 13.0. The van der Waals surface area contributed by atoms with Crippen molar-refractivity contribution in [1.29, 1.82) is 0 Å². The first-order valence-electron chi connectivity index (χ1n) is 5.23. The van der Waals surface area contributed by atoms with Crippen LogP contribution >= 0.6 is 0 Å². The van der Waals surface area contributed by atoms with E-state index in [2.05, 4.69) is 15.3 Å². The topological polar surface area (TPSA) is 101 Å². The molecule has 1 atom stereocenters. The van der Waals surface area contributed by atoms with Crippen LogP contribution in [0.25, 0.3) is 0 Å². The van der Waals surface area contributed by atoms with Gasteiger partial charge in [-0.15, -0.1) is 0 Å². The van der Waals surface area contributed by atoms with Gasteiger partial charge >= 0.3 is 0 Å². The van der Waals surface area contributed by atoms with Gasteiger partial charge in [0.15, 0.2) is 6.23 Å². The molecule has 0 amide bonds. The summed E-state index contributed by atoms with van der Waals surface area (Å²) in [6.07, 6.45) is 1.48. The Balaban J connectivity index is 2.28. The van der Waals surface area contributed by atoms with Crippen molar-refractivity contribution in [3.8, 4) is 0 Å². The van der Waals surface area contributed by atoms with Crippen LogP contribution in [0.5, 0.6) is 0 Å². The Labute approximate surface area is 106 Å². The summed E-state index contributed by atoms with van der Waals surface area (Å²) in [6.45, 7) is 0. The number of hydrogen-bond donors (Lipinski definition) is 2. The Morgan fingerprint density at radius 1 is 1.37 bits per heavy atom. The average Bonchev–Trinajstić information content (AvgIpc) is 2.39. The number of benzene rings is 1. The van der Waals surface area contributed by atoms with Gasteiger partial charge in [-0.3, -0.25) is 10.1 Å². The molecule has 0 bridgehead atoms. The number of aliphatic hydroxyl groups is 1. The molecule has 1 aromatic heterocycles. The average molecular weight is 264 g/mol. The highest BCUT2D eigenvalue weighted by molar-refractivity contribution is 5.44. The van der Waals surface area contributed by atoms with Crippen molar-refractivity contribution in [3.05, 3.63) is 58.2 Å². The number of nitrogens with one attached hydrogen (secondary N) is 1. The molecule has 2 N–H and O–H groups in total. The van der Waals surface area contributed by atoms with Crippen LogP contribution in [0.15, 0.2) is 36.7 Å². The Bertz CT molecular complexity index is 594. The second-order valence-electron chi connectivity index (χ2n) is 3.58. The summed E-state index contributed by atoms with van der Waals surface area (Å²) in [4.78, 5) is 17.7. The monoisotopic (exact) mass is 264 g/mol. The fraction of sp³-hybridized carbons (Fsp3) is 0.0909. The molecule has 0 aliphatic carbocycles. The predicted molar refractivity (Wildman–Crippen MR) is 63.7 cm³/mol. The number of nitro benzene ring substituents is 1. The lowest BCUT2D eigenvalue weighted by Gasteiger charge is -2.12. The van der Waals surface area contributed by atoms with E-state index in [1.807, 2.05) is 0 Å². The molecule has 98 valence electrons. The third-order valence-corrected chi connectivity index (χ3v) is 2.32. The number of aliphatic hydroxyl groups excluding tert-OH is 1. The second-order valence-corrected chi connectivity index (χ2v) is 3.58. The number of hydrogen-bond acceptors (Lipinski definition) is 6. The Kier molecular flexibility index (Phi) is 3.62. The van der Waals surface area contributed by atoms with Gasteiger partial charge < -0.3 is 10.4 Å². The first kappa shape index (κ1) is 12.8. The molecule has 0 aliphatic heterocycles. The number of anilines is 1. The zero-order valence-electron chi connectivity index (χ0n) is 9.52. The fourth-order valence-electron chi connectivity index (χ4n) is 1.48. The van der Waals surface area contributed by atoms with E-state index in [9.17, 15) is 19.6 Å². The van der Waals surface area contributed by atoms with Gasteiger partial charge in [0.05, 0.1) is 16.6 Å². The van der Waals surface area contributed by atoms with Crippen molar-refractivity contribution in [2.24, 2.45) is 0 Å². The normalized spacial score (nSPS) is 11.9. The lowest BCUT2D eigenvalue weighted by atomic mass is 10.1. The molecule has 8 heteroatoms. The summed E-state index contributed by atoms with van der Waals surface area (Å²) in [5.41, 5.74) is -0.588. The van der Waals surface area contributed by atoms with Gasteiger partial charge in [0.25, 0.3) is 5.69 Å². The maximum absolute atomic E-state index is 13.0. The van der Waals surface area contributed by atoms with Crippen molar-refractivity contribution >= 4 is 11.6 Å². The summed E-state index contributed by atoms with van der Waals surface area (Å²) < 4.78 is 13.0. The fourth-order valence-corrected chi connectivity index (χ4v) is 1.48. The van der Waals surface area contributed by atoms with Crippen LogP contribution in [0, 0.1) is 15.9 Å². The van der Waals surface area contributed by atoms with Crippen molar-refractivity contribution < 1.29 is 14.4 Å². The molecule has 0 spiro atoms. The van der Waals surface area contributed by atoms with E-state index in [0.717, 1.165) is 18.2 Å². The first-order chi connectivity index (χ1) is 9.08. The van der Waals surface area contributed by atoms with E-state index in [4.69, 9.17) is 0 Å². The zero-order valence-corrected chi connectivity index (χ0v) is 9.52. The SMILES string of the molecule is O=[N+]([O-])c1cc(F)ccc1C(O)Nc1ncccn1. The molecule has 19 heavy (non-hydrogen) atoms. The van der Waals surface area contributed by atoms with E-state index in [-0.39, 0.29) is 11.5 Å². The number of nitro groups is 1. The summed E-state index contributed by atoms with van der Waals surface area (Å²) in [6, 6.07) is 4.48. The minimum Gasteiger partial charge on any atom is -0.369 e. The van der Waals surface area contributed by atoms with E-state index in [1.165, 1.54) is 12.4 Å². The van der Waals surface area contributed by atoms with Crippen LogP contribution in [-0.4, -0.2) is 20.0 Å². The number of aromatic nitrogens is 2. The summed E-state index contributed by atoms with van der Waals surface area (Å²) >= 11 is 0. The van der Waals surface area contributed by atoms with Crippen LogP contribution < -0.4 is 5.32 Å². The smallest absolute Gasteiger partial charge is 0.280 e. The number of rotatable bonds is 4. The Morgan fingerprint density at radius 3 is 2.68 bits per heavy atom. The molecule has 0 saturated heterocycles. The highest BCUT2D eigenvalue weighted by Crippen LogP contribution is 2.26. The molecule has 0 saturated carbocycles. The highest BCUT2D eigenvalue weighted by Gasteiger charge is 2.21. The highest BCUT2D eigenvalue weighted by atomic mass is 19.1. The largest absolute Gasteiger partial charge is 0.369 e. The van der Waals surface area contributed by atoms with E-state index >= 15 is 0 Å². The molecule has 0 radical (unpaired) electrons. The van der Waals surface area contributed by atoms with E-state index in [1.54, 1.807) is 6.07 Å². The van der Waals surface area contributed by atoms with Crippen LogP contribution in [0.2, 0.25) is 0 Å². The van der Waals surface area contributed by atoms with E-state index < -0.39 is 22.7 Å². The summed E-state index contributed by atoms with van der Waals surface area (Å²) in [5, 5.41) is 23.2. The van der Waals surface area contributed by atoms with E-state index in [0.29, 0.717) is 0 Å². The van der Waals surface area contributed by atoms with Gasteiger partial charge in [0.2, 0.25) is 5.95 Å². The predicted octanol–water partition coefficient (Wildman–Crippen LogP) is 1.63. The number of halogens is 1. The Hall–Kier alpha value is -2.61. The molecule has 2 rings (SSSR count). The lowest BCUT2D eigenvalue weighted by Crippen LogP contribution is -2.13. The van der Waals surface area contributed by atoms with Crippen LogP contribution in [0.4, 0.5) is 16.0 Å². The van der Waals surface area contributed by atoms with Crippen molar-refractivity contribution in [1.82, 2.24) is 9.97 Å². The molecular formula is C11H9FN4O3. The first-order valence-corrected chi connectivity index (χ1v) is 5.23. The van der Waals surface area contributed by atoms with Gasteiger partial charge in [-0.2, -0.15) is 0 Å². The van der Waals surface area contributed by atoms with Crippen molar-refractivity contribution in [2.45, 2.75) is 6.23 Å². The molecule has 1 aromatic carbocycles. The Morgan fingerprint density at radius 2 is 2.05 bits per heavy atom. The van der Waals surface area contributed by atoms with Gasteiger partial charge in [-0.25, -0.2) is 14.4 Å². The standard InChI is InChI=1S/C11H9FN4O3/c12-7-2-3-8(9(6-7)16(18)19)10(17)15-11-13-4-1-5-14-11/h1-6,10,17H,(H,13,14,15). The maximum Gasteiger partial charge on any atom is 0.280 e. The minimum absolute atomic E-state index is 0.0705. The second kappa shape index (κ2) is 5.36. The van der Waals surface area contributed by atoms with Crippen LogP contribution in [0.3, 0.4) is 0 Å². The zero-order chi connectivity index (χ0) is 13.8. The summed E-state index contributed by atoms with van der Waals surface area (Å²) in [5.74, 6) is -0.646. The van der Waals surface area contributed by atoms with Gasteiger partial charge in [0, 0.05) is 12.4 Å². The summed E-state index contributed by atoms with van der Waals surface area (Å²) in [7, 11) is 0. The van der Waals surface area contributed by atoms with Crippen molar-refractivity contribution in [3.63, 3.8) is 0 Å². The molecule has 0 aliphatic rings. The number of nitrogens with zero attached hydrogens (tertiary/aromatic N) is 3. The van der Waals surface area contributed by atoms with Gasteiger partial charge in [-0.1, -0.05) is 0 Å². The molecule has 7 nitrogen and oxygen atoms in total. The van der Waals surface area contributed by atoms with Crippen LogP contribution in [-0.2, 0) is 0 Å². The quantitative estimate of drug-likeness (QED) is 0.494. The minimum atomic E-state index is -1.41. The third-order valence-electron chi connectivity index (χ3n) is 2.32. The lowest BCUT2D eigenvalue weighted by molar-refractivity contribution is -0.386. The molecule has 1 heterocycles. The molecule has 0 fully saturated rings. The van der Waals surface area contributed by atoms with Crippen molar-refractivity contribution in [2.75, 3.05) is 5.32 Å². The molecule has 2 aromatic rings. The molecule has 1 unspecified atom stereocenters.